The van der Waals surface area contributed by atoms with Crippen molar-refractivity contribution in [3.63, 3.8) is 0 Å². The molecule has 1 fully saturated rings. The molecule has 2 bridgehead atoms. The molecule has 0 saturated heterocycles. The second-order valence-electron chi connectivity index (χ2n) is 3.18. The van der Waals surface area contributed by atoms with Crippen LogP contribution in [0.4, 0.5) is 0 Å². The van der Waals surface area contributed by atoms with E-state index < -0.39 is 0 Å². The molecule has 2 aliphatic carbocycles. The molecule has 0 N–H and O–H groups in total. The van der Waals surface area contributed by atoms with E-state index in [0.29, 0.717) is 0 Å². The van der Waals surface area contributed by atoms with Crippen molar-refractivity contribution in [1.82, 2.24) is 0 Å². The van der Waals surface area contributed by atoms with E-state index in [1.165, 1.54) is 19.3 Å². The Labute approximate surface area is 50.6 Å². The normalized spacial score (nSPS) is 42.9. The first-order valence-electron chi connectivity index (χ1n) is 3.54. The monoisotopic (exact) mass is 108 g/mol. The van der Waals surface area contributed by atoms with E-state index in [9.17, 15) is 0 Å². The largest absolute Gasteiger partial charge is 0.0822 e. The Morgan fingerprint density at radius 2 is 2.38 bits per heavy atom. The molecular weight excluding hydrogens is 96.1 g/mol. The van der Waals surface area contributed by atoms with Gasteiger partial charge in [-0.1, -0.05) is 11.6 Å². The van der Waals surface area contributed by atoms with E-state index in [2.05, 4.69) is 13.0 Å². The van der Waals surface area contributed by atoms with Gasteiger partial charge >= 0.3 is 0 Å². The lowest BCUT2D eigenvalue weighted by Crippen LogP contribution is -1.91. The summed E-state index contributed by atoms with van der Waals surface area (Å²) >= 11 is 0. The van der Waals surface area contributed by atoms with Gasteiger partial charge in [0.15, 0.2) is 0 Å². The minimum Gasteiger partial charge on any atom is -0.0822 e. The molecule has 8 heavy (non-hydrogen) atoms. The highest BCUT2D eigenvalue weighted by atomic mass is 14.3. The fourth-order valence-corrected chi connectivity index (χ4v) is 2.09. The van der Waals surface area contributed by atoms with Crippen molar-refractivity contribution >= 4 is 0 Å². The fraction of sp³-hybridized carbons (Fsp3) is 0.750. The van der Waals surface area contributed by atoms with Crippen molar-refractivity contribution in [2.75, 3.05) is 0 Å². The van der Waals surface area contributed by atoms with Crippen LogP contribution in [0.15, 0.2) is 11.6 Å². The molecule has 0 aliphatic heterocycles. The molecule has 2 aliphatic rings. The van der Waals surface area contributed by atoms with Crippen LogP contribution in [0.25, 0.3) is 0 Å². The van der Waals surface area contributed by atoms with E-state index in [0.717, 1.165) is 11.8 Å². The van der Waals surface area contributed by atoms with Crippen LogP contribution in [0.2, 0.25) is 0 Å². The van der Waals surface area contributed by atoms with Gasteiger partial charge in [-0.25, -0.2) is 0 Å². The summed E-state index contributed by atoms with van der Waals surface area (Å²) in [6.07, 6.45) is 6.90. The molecule has 1 saturated carbocycles. The lowest BCUT2D eigenvalue weighted by molar-refractivity contribution is 0.657. The van der Waals surface area contributed by atoms with Crippen LogP contribution >= 0.6 is 0 Å². The molecule has 0 heterocycles. The molecule has 0 unspecified atom stereocenters. The number of allylic oxidation sites excluding steroid dienone is 2. The third kappa shape index (κ3) is 0.460. The SMILES string of the molecule is CC1=C[C@@H]2CC[C@H]1C2. The van der Waals surface area contributed by atoms with Gasteiger partial charge in [-0.05, 0) is 38.0 Å². The second kappa shape index (κ2) is 1.37. The Morgan fingerprint density at radius 1 is 1.50 bits per heavy atom. The summed E-state index contributed by atoms with van der Waals surface area (Å²) in [6, 6.07) is 0. The Morgan fingerprint density at radius 3 is 2.62 bits per heavy atom. The Kier molecular flexibility index (Phi) is 0.787. The van der Waals surface area contributed by atoms with Crippen LogP contribution in [0, 0.1) is 11.8 Å². The predicted octanol–water partition coefficient (Wildman–Crippen LogP) is 2.36. The Bertz CT molecular complexity index is 133. The summed E-state index contributed by atoms with van der Waals surface area (Å²) in [4.78, 5) is 0. The summed E-state index contributed by atoms with van der Waals surface area (Å²) in [5.41, 5.74) is 1.67. The van der Waals surface area contributed by atoms with Gasteiger partial charge in [0.05, 0.1) is 0 Å². The van der Waals surface area contributed by atoms with Crippen LogP contribution in [0.1, 0.15) is 26.2 Å². The molecule has 0 nitrogen and oxygen atoms in total. The number of fused-ring (bicyclic) bond motifs is 2. The molecule has 0 heteroatoms. The van der Waals surface area contributed by atoms with Crippen molar-refractivity contribution in [3.8, 4) is 0 Å². The zero-order valence-electron chi connectivity index (χ0n) is 5.35. The third-order valence-electron chi connectivity index (χ3n) is 2.62. The maximum Gasteiger partial charge on any atom is -0.0200 e. The predicted molar refractivity (Wildman–Crippen MR) is 34.6 cm³/mol. The fourth-order valence-electron chi connectivity index (χ4n) is 2.09. The Balaban J connectivity index is 2.29. The van der Waals surface area contributed by atoms with Gasteiger partial charge in [0.1, 0.15) is 0 Å². The molecule has 0 spiro atoms. The van der Waals surface area contributed by atoms with E-state index >= 15 is 0 Å². The van der Waals surface area contributed by atoms with E-state index in [-0.39, 0.29) is 0 Å². The molecule has 0 aromatic heterocycles. The van der Waals surface area contributed by atoms with Gasteiger partial charge in [-0.2, -0.15) is 0 Å². The van der Waals surface area contributed by atoms with E-state index in [4.69, 9.17) is 0 Å². The van der Waals surface area contributed by atoms with Gasteiger partial charge in [-0.15, -0.1) is 0 Å². The molecule has 44 valence electrons. The van der Waals surface area contributed by atoms with E-state index in [1.807, 2.05) is 0 Å². The molecule has 0 aromatic rings. The molecule has 0 amide bonds. The summed E-state index contributed by atoms with van der Waals surface area (Å²) in [5.74, 6) is 1.99. The highest BCUT2D eigenvalue weighted by Crippen LogP contribution is 2.42. The molecule has 0 radical (unpaired) electrons. The van der Waals surface area contributed by atoms with Crippen molar-refractivity contribution in [3.05, 3.63) is 11.6 Å². The van der Waals surface area contributed by atoms with Gasteiger partial charge in [0.25, 0.3) is 0 Å². The first-order valence-corrected chi connectivity index (χ1v) is 3.54. The molecule has 2 rings (SSSR count). The minimum atomic E-state index is 0.986. The lowest BCUT2D eigenvalue weighted by Gasteiger charge is -2.05. The number of rotatable bonds is 0. The minimum absolute atomic E-state index is 0.986. The van der Waals surface area contributed by atoms with Crippen molar-refractivity contribution in [2.45, 2.75) is 26.2 Å². The maximum absolute atomic E-state index is 2.47. The lowest BCUT2D eigenvalue weighted by atomic mass is 10.0. The molecule has 0 aromatic carbocycles. The van der Waals surface area contributed by atoms with Crippen molar-refractivity contribution < 1.29 is 0 Å². The van der Waals surface area contributed by atoms with Crippen LogP contribution in [0.5, 0.6) is 0 Å². The quantitative estimate of drug-likeness (QED) is 0.418. The summed E-state index contributed by atoms with van der Waals surface area (Å²) in [6.45, 7) is 2.28. The van der Waals surface area contributed by atoms with Gasteiger partial charge in [0.2, 0.25) is 0 Å². The third-order valence-corrected chi connectivity index (χ3v) is 2.62. The maximum atomic E-state index is 2.47. The van der Waals surface area contributed by atoms with Crippen LogP contribution in [0.3, 0.4) is 0 Å². The van der Waals surface area contributed by atoms with Crippen molar-refractivity contribution in [1.29, 1.82) is 0 Å². The molecular formula is C8H12. The van der Waals surface area contributed by atoms with E-state index in [1.54, 1.807) is 5.57 Å². The summed E-state index contributed by atoms with van der Waals surface area (Å²) < 4.78 is 0. The average molecular weight is 108 g/mol. The van der Waals surface area contributed by atoms with Crippen LogP contribution in [-0.2, 0) is 0 Å². The van der Waals surface area contributed by atoms with Crippen LogP contribution < -0.4 is 0 Å². The standard InChI is InChI=1S/C8H12/c1-6-4-7-2-3-8(6)5-7/h4,7-8H,2-3,5H2,1H3/t7-,8-/m0/s1. The highest BCUT2D eigenvalue weighted by Gasteiger charge is 2.29. The first kappa shape index (κ1) is 4.60. The molecule has 2 atom stereocenters. The first-order chi connectivity index (χ1) is 3.86. The van der Waals surface area contributed by atoms with Gasteiger partial charge in [-0.3, -0.25) is 0 Å². The van der Waals surface area contributed by atoms with Crippen LogP contribution in [-0.4, -0.2) is 0 Å². The van der Waals surface area contributed by atoms with Gasteiger partial charge in [0, 0.05) is 0 Å². The van der Waals surface area contributed by atoms with Gasteiger partial charge < -0.3 is 0 Å². The number of hydrogen-bond donors (Lipinski definition) is 0. The zero-order valence-corrected chi connectivity index (χ0v) is 5.35. The zero-order chi connectivity index (χ0) is 5.56. The van der Waals surface area contributed by atoms with Crippen molar-refractivity contribution in [2.24, 2.45) is 11.8 Å². The smallest absolute Gasteiger partial charge is 0.0200 e. The highest BCUT2D eigenvalue weighted by molar-refractivity contribution is 5.16. The summed E-state index contributed by atoms with van der Waals surface area (Å²) in [5, 5.41) is 0. The average Bonchev–Trinajstić information content (AvgIpc) is 2.23. The Hall–Kier alpha value is -0.260. The number of hydrogen-bond acceptors (Lipinski definition) is 0. The summed E-state index contributed by atoms with van der Waals surface area (Å²) in [7, 11) is 0. The topological polar surface area (TPSA) is 0 Å². The second-order valence-corrected chi connectivity index (χ2v) is 3.18.